The molecule has 0 fully saturated rings. The van der Waals surface area contributed by atoms with Gasteiger partial charge in [-0.1, -0.05) is 43.9 Å². The second-order valence-electron chi connectivity index (χ2n) is 5.32. The van der Waals surface area contributed by atoms with Crippen molar-refractivity contribution < 1.29 is 0 Å². The Kier molecular flexibility index (Phi) is 6.87. The molecule has 0 saturated carbocycles. The van der Waals surface area contributed by atoms with E-state index in [1.165, 1.54) is 22.3 Å². The molecule has 1 rings (SSSR count). The van der Waals surface area contributed by atoms with Crippen LogP contribution in [-0.4, -0.2) is 12.3 Å². The van der Waals surface area contributed by atoms with E-state index < -0.39 is 0 Å². The normalized spacial score (nSPS) is 13.0. The quantitative estimate of drug-likeness (QED) is 0.491. The molecule has 0 spiro atoms. The fraction of sp³-hybridized carbons (Fsp3) is 0.350. The van der Waals surface area contributed by atoms with Crippen LogP contribution in [0.5, 0.6) is 0 Å². The van der Waals surface area contributed by atoms with Crippen molar-refractivity contribution in [2.45, 2.75) is 41.0 Å². The van der Waals surface area contributed by atoms with E-state index in [-0.39, 0.29) is 0 Å². The molecule has 0 aliphatic carbocycles. The molecule has 1 aromatic rings. The molecule has 0 aromatic heterocycles. The first kappa shape index (κ1) is 17.2. The van der Waals surface area contributed by atoms with Crippen LogP contribution in [0.4, 0.5) is 0 Å². The van der Waals surface area contributed by atoms with Crippen LogP contribution >= 0.6 is 0 Å². The Morgan fingerprint density at radius 1 is 1.24 bits per heavy atom. The zero-order valence-corrected chi connectivity index (χ0v) is 14.0. The lowest BCUT2D eigenvalue weighted by molar-refractivity contribution is 1.10. The fourth-order valence-electron chi connectivity index (χ4n) is 2.37. The molecular formula is C20H27N. The van der Waals surface area contributed by atoms with Crippen molar-refractivity contribution >= 4 is 5.71 Å². The highest BCUT2D eigenvalue weighted by Crippen LogP contribution is 2.18. The minimum atomic E-state index is 0.675. The first-order valence-electron chi connectivity index (χ1n) is 7.59. The van der Waals surface area contributed by atoms with Crippen molar-refractivity contribution in [1.82, 2.24) is 0 Å². The summed E-state index contributed by atoms with van der Waals surface area (Å²) in [5.74, 6) is 0. The maximum Gasteiger partial charge on any atom is 0.0642 e. The van der Waals surface area contributed by atoms with Gasteiger partial charge in [-0.3, -0.25) is 4.99 Å². The van der Waals surface area contributed by atoms with E-state index in [0.717, 1.165) is 17.7 Å². The van der Waals surface area contributed by atoms with Crippen LogP contribution < -0.4 is 0 Å². The van der Waals surface area contributed by atoms with Gasteiger partial charge in [0.25, 0.3) is 0 Å². The van der Waals surface area contributed by atoms with E-state index in [0.29, 0.717) is 6.54 Å². The third kappa shape index (κ3) is 4.86. The largest absolute Gasteiger partial charge is 0.285 e. The molecule has 0 aliphatic rings. The monoisotopic (exact) mass is 281 g/mol. The Labute approximate surface area is 129 Å². The zero-order valence-electron chi connectivity index (χ0n) is 14.0. The molecule has 0 unspecified atom stereocenters. The number of hydrogen-bond acceptors (Lipinski definition) is 1. The lowest BCUT2D eigenvalue weighted by atomic mass is 9.96. The summed E-state index contributed by atoms with van der Waals surface area (Å²) in [7, 11) is 0. The van der Waals surface area contributed by atoms with Gasteiger partial charge < -0.3 is 0 Å². The number of benzene rings is 1. The van der Waals surface area contributed by atoms with Gasteiger partial charge >= 0.3 is 0 Å². The SMILES string of the molecule is C=C/C(=C\C=C/C)CN=C(C)c1cc(CC)c(C)cc1C. The molecule has 0 amide bonds. The molecule has 1 nitrogen and oxygen atoms in total. The molecule has 0 aliphatic heterocycles. The van der Waals surface area contributed by atoms with Crippen molar-refractivity contribution in [1.29, 1.82) is 0 Å². The summed E-state index contributed by atoms with van der Waals surface area (Å²) in [5, 5.41) is 0. The summed E-state index contributed by atoms with van der Waals surface area (Å²) in [6, 6.07) is 4.55. The maximum absolute atomic E-state index is 4.73. The molecule has 0 radical (unpaired) electrons. The average molecular weight is 281 g/mol. The van der Waals surface area contributed by atoms with Gasteiger partial charge in [0.15, 0.2) is 0 Å². The van der Waals surface area contributed by atoms with Crippen LogP contribution in [0.3, 0.4) is 0 Å². The van der Waals surface area contributed by atoms with Crippen molar-refractivity contribution in [3.05, 3.63) is 70.8 Å². The Morgan fingerprint density at radius 2 is 1.95 bits per heavy atom. The molecule has 112 valence electrons. The van der Waals surface area contributed by atoms with Crippen molar-refractivity contribution in [3.8, 4) is 0 Å². The minimum absolute atomic E-state index is 0.675. The van der Waals surface area contributed by atoms with Crippen molar-refractivity contribution in [2.75, 3.05) is 6.54 Å². The van der Waals surface area contributed by atoms with Crippen LogP contribution in [-0.2, 0) is 6.42 Å². The summed E-state index contributed by atoms with van der Waals surface area (Å²) < 4.78 is 0. The van der Waals surface area contributed by atoms with Crippen LogP contribution in [0.2, 0.25) is 0 Å². The van der Waals surface area contributed by atoms with Gasteiger partial charge in [0.05, 0.1) is 6.54 Å². The molecule has 0 heterocycles. The third-order valence-corrected chi connectivity index (χ3v) is 3.72. The van der Waals surface area contributed by atoms with Gasteiger partial charge in [-0.15, -0.1) is 0 Å². The van der Waals surface area contributed by atoms with Crippen LogP contribution in [0.1, 0.15) is 43.0 Å². The molecule has 21 heavy (non-hydrogen) atoms. The Hall–Kier alpha value is -1.89. The average Bonchev–Trinajstić information content (AvgIpc) is 2.47. The van der Waals surface area contributed by atoms with Crippen molar-refractivity contribution in [2.24, 2.45) is 4.99 Å². The predicted molar refractivity (Wildman–Crippen MR) is 95.5 cm³/mol. The first-order valence-corrected chi connectivity index (χ1v) is 7.59. The molecule has 1 aromatic carbocycles. The van der Waals surface area contributed by atoms with E-state index in [4.69, 9.17) is 4.99 Å². The molecule has 0 saturated heterocycles. The topological polar surface area (TPSA) is 12.4 Å². The van der Waals surface area contributed by atoms with E-state index in [1.54, 1.807) is 0 Å². The lowest BCUT2D eigenvalue weighted by Gasteiger charge is -2.11. The number of nitrogens with zero attached hydrogens (tertiary/aromatic N) is 1. The summed E-state index contributed by atoms with van der Waals surface area (Å²) >= 11 is 0. The molecule has 0 bridgehead atoms. The second kappa shape index (κ2) is 8.41. The zero-order chi connectivity index (χ0) is 15.8. The van der Waals surface area contributed by atoms with Gasteiger partial charge in [-0.2, -0.15) is 0 Å². The highest BCUT2D eigenvalue weighted by Gasteiger charge is 2.06. The summed E-state index contributed by atoms with van der Waals surface area (Å²) in [4.78, 5) is 4.73. The third-order valence-electron chi connectivity index (χ3n) is 3.72. The number of allylic oxidation sites excluding steroid dienone is 3. The second-order valence-corrected chi connectivity index (χ2v) is 5.32. The highest BCUT2D eigenvalue weighted by atomic mass is 14.7. The van der Waals surface area contributed by atoms with Crippen LogP contribution in [0, 0.1) is 13.8 Å². The highest BCUT2D eigenvalue weighted by molar-refractivity contribution is 6.00. The van der Waals surface area contributed by atoms with E-state index in [9.17, 15) is 0 Å². The summed E-state index contributed by atoms with van der Waals surface area (Å²) in [6.07, 6.45) is 9.02. The minimum Gasteiger partial charge on any atom is -0.285 e. The standard InChI is InChI=1S/C20H27N/c1-7-10-11-18(8-2)14-21-17(6)20-13-19(9-3)15(4)12-16(20)5/h7-8,10-13H,2,9,14H2,1,3-6H3/b10-7-,18-11+,21-17?. The van der Waals surface area contributed by atoms with E-state index in [1.807, 2.05) is 25.2 Å². The van der Waals surface area contributed by atoms with Gasteiger partial charge in [0, 0.05) is 5.71 Å². The number of rotatable bonds is 6. The van der Waals surface area contributed by atoms with Gasteiger partial charge in [0.2, 0.25) is 0 Å². The van der Waals surface area contributed by atoms with Gasteiger partial charge in [-0.25, -0.2) is 0 Å². The van der Waals surface area contributed by atoms with E-state index >= 15 is 0 Å². The smallest absolute Gasteiger partial charge is 0.0642 e. The fourth-order valence-corrected chi connectivity index (χ4v) is 2.37. The first-order chi connectivity index (χ1) is 10.0. The van der Waals surface area contributed by atoms with Crippen LogP contribution in [0.15, 0.2) is 53.6 Å². The molecule has 0 atom stereocenters. The van der Waals surface area contributed by atoms with Gasteiger partial charge in [0.1, 0.15) is 0 Å². The Balaban J connectivity index is 3.05. The number of hydrogen-bond donors (Lipinski definition) is 0. The Morgan fingerprint density at radius 3 is 2.52 bits per heavy atom. The van der Waals surface area contributed by atoms with E-state index in [2.05, 4.69) is 52.5 Å². The lowest BCUT2D eigenvalue weighted by Crippen LogP contribution is -2.03. The maximum atomic E-state index is 4.73. The Bertz CT molecular complexity index is 586. The van der Waals surface area contributed by atoms with Crippen LogP contribution in [0.25, 0.3) is 0 Å². The molecule has 1 heteroatoms. The molecule has 0 N–H and O–H groups in total. The summed E-state index contributed by atoms with van der Waals surface area (Å²) in [5.41, 5.74) is 7.55. The number of aryl methyl sites for hydroxylation is 3. The molecular weight excluding hydrogens is 254 g/mol. The summed E-state index contributed by atoms with van der Waals surface area (Å²) in [6.45, 7) is 15.2. The predicted octanol–water partition coefficient (Wildman–Crippen LogP) is 5.36. The van der Waals surface area contributed by atoms with Crippen molar-refractivity contribution in [3.63, 3.8) is 0 Å². The number of aliphatic imine (C=N–C) groups is 1. The van der Waals surface area contributed by atoms with Gasteiger partial charge in [-0.05, 0) is 68.0 Å².